The van der Waals surface area contributed by atoms with Crippen molar-refractivity contribution in [2.75, 3.05) is 17.7 Å². The molecule has 1 heterocycles. The molecule has 0 radical (unpaired) electrons. The van der Waals surface area contributed by atoms with Crippen molar-refractivity contribution in [3.63, 3.8) is 0 Å². The lowest BCUT2D eigenvalue weighted by atomic mass is 9.78. The zero-order valence-corrected chi connectivity index (χ0v) is 20.2. The molecular formula is C28H25ClN2O4. The molecule has 0 amide bonds. The smallest absolute Gasteiger partial charge is 0.308 e. The topological polar surface area (TPSA) is 76.7 Å². The van der Waals surface area contributed by atoms with Gasteiger partial charge in [-0.25, -0.2) is 0 Å². The van der Waals surface area contributed by atoms with Crippen molar-refractivity contribution in [3.05, 3.63) is 94.1 Å². The Bertz CT molecular complexity index is 1350. The van der Waals surface area contributed by atoms with Gasteiger partial charge in [0.2, 0.25) is 0 Å². The Hall–Kier alpha value is -3.77. The number of halogens is 1. The molecule has 0 saturated heterocycles. The van der Waals surface area contributed by atoms with Crippen molar-refractivity contribution in [2.24, 2.45) is 0 Å². The molecule has 2 aliphatic rings. The van der Waals surface area contributed by atoms with Crippen LogP contribution in [0.15, 0.2) is 78.0 Å². The van der Waals surface area contributed by atoms with E-state index in [0.29, 0.717) is 34.9 Å². The minimum Gasteiger partial charge on any atom is -0.493 e. The third-order valence-electron chi connectivity index (χ3n) is 6.43. The highest BCUT2D eigenvalue weighted by molar-refractivity contribution is 6.31. The average molecular weight is 489 g/mol. The molecule has 5 rings (SSSR count). The van der Waals surface area contributed by atoms with Crippen LogP contribution in [-0.4, -0.2) is 18.9 Å². The van der Waals surface area contributed by atoms with Crippen molar-refractivity contribution in [1.29, 1.82) is 0 Å². The number of allylic oxidation sites excluding steroid dienone is 1. The Balaban J connectivity index is 1.61. The molecule has 1 aliphatic carbocycles. The lowest BCUT2D eigenvalue weighted by Crippen LogP contribution is -2.27. The highest BCUT2D eigenvalue weighted by atomic mass is 35.5. The van der Waals surface area contributed by atoms with E-state index >= 15 is 0 Å². The molecule has 0 saturated carbocycles. The summed E-state index contributed by atoms with van der Waals surface area (Å²) in [7, 11) is 1.52. The summed E-state index contributed by atoms with van der Waals surface area (Å²) in [5.74, 6) is 0.356. The Morgan fingerprint density at radius 2 is 1.71 bits per heavy atom. The van der Waals surface area contributed by atoms with Gasteiger partial charge in [0.1, 0.15) is 0 Å². The van der Waals surface area contributed by atoms with E-state index in [1.165, 1.54) is 14.0 Å². The molecule has 6 nitrogen and oxygen atoms in total. The highest BCUT2D eigenvalue weighted by Crippen LogP contribution is 2.46. The first kappa shape index (κ1) is 23.0. The quantitative estimate of drug-likeness (QED) is 0.334. The van der Waals surface area contributed by atoms with Crippen LogP contribution in [0.3, 0.4) is 0 Å². The molecule has 0 aromatic heterocycles. The molecular weight excluding hydrogens is 464 g/mol. The van der Waals surface area contributed by atoms with E-state index in [1.807, 2.05) is 60.7 Å². The number of carbonyl (C=O) groups is 2. The normalized spacial score (nSPS) is 19.0. The zero-order valence-electron chi connectivity index (χ0n) is 19.4. The van der Waals surface area contributed by atoms with Gasteiger partial charge >= 0.3 is 5.97 Å². The largest absolute Gasteiger partial charge is 0.493 e. The molecule has 3 aromatic carbocycles. The Kier molecular flexibility index (Phi) is 6.22. The lowest BCUT2D eigenvalue weighted by Gasteiger charge is -2.30. The van der Waals surface area contributed by atoms with E-state index in [2.05, 4.69) is 10.6 Å². The van der Waals surface area contributed by atoms with E-state index in [0.717, 1.165) is 28.2 Å². The third kappa shape index (κ3) is 4.49. The average Bonchev–Trinajstić information content (AvgIpc) is 3.01. The maximum Gasteiger partial charge on any atom is 0.308 e. The molecule has 178 valence electrons. The van der Waals surface area contributed by atoms with Crippen molar-refractivity contribution in [3.8, 4) is 11.5 Å². The molecule has 3 aromatic rings. The summed E-state index contributed by atoms with van der Waals surface area (Å²) in [6.07, 6.45) is 1.02. The highest BCUT2D eigenvalue weighted by Gasteiger charge is 2.36. The number of ketones is 1. The number of Topliss-reactive ketones (excluding diaryl/α,β-unsaturated/α-hetero) is 1. The number of para-hydroxylation sites is 2. The van der Waals surface area contributed by atoms with Gasteiger partial charge in [-0.3, -0.25) is 9.59 Å². The molecule has 2 unspecified atom stereocenters. The van der Waals surface area contributed by atoms with E-state index < -0.39 is 12.0 Å². The summed E-state index contributed by atoms with van der Waals surface area (Å²) in [6.45, 7) is 1.34. The van der Waals surface area contributed by atoms with Gasteiger partial charge in [0.05, 0.1) is 24.5 Å². The Morgan fingerprint density at radius 1 is 0.971 bits per heavy atom. The number of hydrogen-bond acceptors (Lipinski definition) is 6. The van der Waals surface area contributed by atoms with Gasteiger partial charge in [-0.05, 0) is 53.8 Å². The maximum atomic E-state index is 13.7. The molecule has 7 heteroatoms. The molecule has 2 atom stereocenters. The number of anilines is 2. The maximum absolute atomic E-state index is 13.7. The SMILES string of the molecule is COc1cc(C2Nc3ccccc3NC3=C2C(=O)CC(c2ccccc2Cl)C3)ccc1OC(C)=O. The third-order valence-corrected chi connectivity index (χ3v) is 6.77. The number of rotatable bonds is 4. The van der Waals surface area contributed by atoms with Crippen molar-refractivity contribution < 1.29 is 19.1 Å². The second kappa shape index (κ2) is 9.47. The van der Waals surface area contributed by atoms with Gasteiger partial charge in [-0.15, -0.1) is 0 Å². The van der Waals surface area contributed by atoms with Gasteiger partial charge in [0.15, 0.2) is 17.3 Å². The number of benzene rings is 3. The number of nitrogens with one attached hydrogen (secondary N) is 2. The number of hydrogen-bond donors (Lipinski definition) is 2. The van der Waals surface area contributed by atoms with Gasteiger partial charge < -0.3 is 20.1 Å². The van der Waals surface area contributed by atoms with Gasteiger partial charge in [0.25, 0.3) is 0 Å². The minimum absolute atomic E-state index is 0.0192. The van der Waals surface area contributed by atoms with Crippen LogP contribution in [0.1, 0.15) is 42.9 Å². The zero-order chi connectivity index (χ0) is 24.5. The minimum atomic E-state index is -0.431. The van der Waals surface area contributed by atoms with E-state index in [-0.39, 0.29) is 11.7 Å². The van der Waals surface area contributed by atoms with Gasteiger partial charge in [-0.1, -0.05) is 48.0 Å². The van der Waals surface area contributed by atoms with Crippen LogP contribution >= 0.6 is 11.6 Å². The van der Waals surface area contributed by atoms with Crippen LogP contribution in [0.2, 0.25) is 5.02 Å². The molecule has 0 fully saturated rings. The number of methoxy groups -OCH3 is 1. The Morgan fingerprint density at radius 3 is 2.46 bits per heavy atom. The monoisotopic (exact) mass is 488 g/mol. The molecule has 2 N–H and O–H groups in total. The van der Waals surface area contributed by atoms with Crippen molar-refractivity contribution in [2.45, 2.75) is 31.7 Å². The van der Waals surface area contributed by atoms with Crippen LogP contribution < -0.4 is 20.1 Å². The van der Waals surface area contributed by atoms with Gasteiger partial charge in [0, 0.05) is 29.6 Å². The van der Waals surface area contributed by atoms with Gasteiger partial charge in [-0.2, -0.15) is 0 Å². The lowest BCUT2D eigenvalue weighted by molar-refractivity contribution is -0.132. The summed E-state index contributed by atoms with van der Waals surface area (Å²) in [5, 5.41) is 7.75. The summed E-state index contributed by atoms with van der Waals surface area (Å²) in [6, 6.07) is 20.5. The van der Waals surface area contributed by atoms with Crippen LogP contribution in [0.25, 0.3) is 0 Å². The summed E-state index contributed by atoms with van der Waals surface area (Å²) in [4.78, 5) is 25.2. The van der Waals surface area contributed by atoms with E-state index in [1.54, 1.807) is 6.07 Å². The Labute approximate surface area is 208 Å². The van der Waals surface area contributed by atoms with E-state index in [4.69, 9.17) is 21.1 Å². The first-order valence-corrected chi connectivity index (χ1v) is 11.8. The van der Waals surface area contributed by atoms with Crippen LogP contribution in [0, 0.1) is 0 Å². The predicted molar refractivity (Wildman–Crippen MR) is 136 cm³/mol. The summed E-state index contributed by atoms with van der Waals surface area (Å²) in [5.41, 5.74) is 5.15. The predicted octanol–water partition coefficient (Wildman–Crippen LogP) is 6.25. The second-order valence-corrected chi connectivity index (χ2v) is 9.10. The molecule has 0 bridgehead atoms. The molecule has 1 aliphatic heterocycles. The van der Waals surface area contributed by atoms with Crippen LogP contribution in [-0.2, 0) is 9.59 Å². The van der Waals surface area contributed by atoms with Crippen LogP contribution in [0.5, 0.6) is 11.5 Å². The number of fused-ring (bicyclic) bond motifs is 1. The van der Waals surface area contributed by atoms with E-state index in [9.17, 15) is 9.59 Å². The standard InChI is InChI=1S/C28H25ClN2O4/c1-16(32)35-25-12-11-17(15-26(25)34-2)28-27-23(30-21-9-5-6-10-22(21)31-28)13-18(14-24(27)33)19-7-3-4-8-20(19)29/h3-12,15,18,28,30-31H,13-14H2,1-2H3. The fraction of sp³-hybridized carbons (Fsp3) is 0.214. The molecule has 0 spiro atoms. The van der Waals surface area contributed by atoms with Crippen molar-refractivity contribution >= 4 is 34.7 Å². The first-order valence-electron chi connectivity index (χ1n) is 11.4. The second-order valence-electron chi connectivity index (χ2n) is 8.69. The van der Waals surface area contributed by atoms with Crippen LogP contribution in [0.4, 0.5) is 11.4 Å². The van der Waals surface area contributed by atoms with Crippen molar-refractivity contribution in [1.82, 2.24) is 0 Å². The fourth-order valence-corrected chi connectivity index (χ4v) is 5.16. The summed E-state index contributed by atoms with van der Waals surface area (Å²) >= 11 is 6.49. The molecule has 35 heavy (non-hydrogen) atoms. The number of carbonyl (C=O) groups excluding carboxylic acids is 2. The number of esters is 1. The number of ether oxygens (including phenoxy) is 2. The fourth-order valence-electron chi connectivity index (χ4n) is 4.87. The summed E-state index contributed by atoms with van der Waals surface area (Å²) < 4.78 is 10.8. The first-order chi connectivity index (χ1) is 16.9.